The minimum absolute atomic E-state index is 0.309. The van der Waals surface area contributed by atoms with E-state index in [-0.39, 0.29) is 6.54 Å². The number of hydrogen-bond acceptors (Lipinski definition) is 4. The molecule has 1 aliphatic heterocycles. The normalized spacial score (nSPS) is 15.1. The molecule has 0 radical (unpaired) electrons. The van der Waals surface area contributed by atoms with Crippen molar-refractivity contribution in [2.75, 3.05) is 11.9 Å². The molecular weight excluding hydrogens is 547 g/mol. The first-order valence-electron chi connectivity index (χ1n) is 10.2. The van der Waals surface area contributed by atoms with Crippen LogP contribution in [-0.2, 0) is 9.59 Å². The second kappa shape index (κ2) is 8.99. The summed E-state index contributed by atoms with van der Waals surface area (Å²) in [5.74, 6) is -0.879. The predicted molar refractivity (Wildman–Crippen MR) is 142 cm³/mol. The van der Waals surface area contributed by atoms with Crippen LogP contribution < -0.4 is 5.32 Å². The van der Waals surface area contributed by atoms with Gasteiger partial charge in [0.25, 0.3) is 11.1 Å². The van der Waals surface area contributed by atoms with E-state index in [9.17, 15) is 14.4 Å². The van der Waals surface area contributed by atoms with E-state index in [2.05, 4.69) is 34.0 Å². The molecule has 0 unspecified atom stereocenters. The molecule has 1 fully saturated rings. The largest absolute Gasteiger partial charge is 0.325 e. The minimum atomic E-state index is -0.459. The van der Waals surface area contributed by atoms with Gasteiger partial charge in [-0.05, 0) is 97.9 Å². The number of halogens is 1. The molecular formula is C26H17IN2O3S. The highest BCUT2D eigenvalue weighted by Gasteiger charge is 2.36. The summed E-state index contributed by atoms with van der Waals surface area (Å²) in [6.07, 6.45) is 1.77. The summed E-state index contributed by atoms with van der Waals surface area (Å²) in [7, 11) is 0. The Morgan fingerprint density at radius 3 is 2.15 bits per heavy atom. The van der Waals surface area contributed by atoms with Gasteiger partial charge in [0, 0.05) is 9.26 Å². The van der Waals surface area contributed by atoms with E-state index in [0.29, 0.717) is 10.6 Å². The average Bonchev–Trinajstić information content (AvgIpc) is 3.07. The van der Waals surface area contributed by atoms with E-state index in [1.165, 1.54) is 0 Å². The lowest BCUT2D eigenvalue weighted by molar-refractivity contribution is -0.127. The highest BCUT2D eigenvalue weighted by molar-refractivity contribution is 14.1. The van der Waals surface area contributed by atoms with E-state index in [0.717, 1.165) is 47.3 Å². The van der Waals surface area contributed by atoms with Gasteiger partial charge in [0.05, 0.1) is 4.91 Å². The number of thioether (sulfide) groups is 1. The Labute approximate surface area is 208 Å². The molecule has 3 amide bonds. The topological polar surface area (TPSA) is 66.5 Å². The maximum Gasteiger partial charge on any atom is 0.294 e. The molecule has 4 aromatic carbocycles. The molecule has 7 heteroatoms. The van der Waals surface area contributed by atoms with Gasteiger partial charge in [0.15, 0.2) is 0 Å². The van der Waals surface area contributed by atoms with Crippen molar-refractivity contribution in [2.45, 2.75) is 0 Å². The molecule has 5 nitrogen and oxygen atoms in total. The number of benzene rings is 4. The third-order valence-electron chi connectivity index (χ3n) is 5.39. The van der Waals surface area contributed by atoms with E-state index in [4.69, 9.17) is 0 Å². The van der Waals surface area contributed by atoms with Crippen molar-refractivity contribution >= 4 is 84.7 Å². The Kier molecular flexibility index (Phi) is 5.90. The third-order valence-corrected chi connectivity index (χ3v) is 7.02. The summed E-state index contributed by atoms with van der Waals surface area (Å²) >= 11 is 3.04. The van der Waals surface area contributed by atoms with Crippen LogP contribution in [0.2, 0.25) is 0 Å². The fourth-order valence-electron chi connectivity index (χ4n) is 3.85. The van der Waals surface area contributed by atoms with Crippen molar-refractivity contribution in [2.24, 2.45) is 0 Å². The van der Waals surface area contributed by atoms with Gasteiger partial charge in [0.1, 0.15) is 6.54 Å². The van der Waals surface area contributed by atoms with Crippen LogP contribution in [0.1, 0.15) is 5.56 Å². The molecule has 0 saturated carbocycles. The lowest BCUT2D eigenvalue weighted by Gasteiger charge is -2.12. The first-order valence-corrected chi connectivity index (χ1v) is 12.1. The van der Waals surface area contributed by atoms with Gasteiger partial charge >= 0.3 is 0 Å². The van der Waals surface area contributed by atoms with Crippen LogP contribution in [0.3, 0.4) is 0 Å². The Balaban J connectivity index is 1.45. The fraction of sp³-hybridized carbons (Fsp3) is 0.0385. The van der Waals surface area contributed by atoms with Crippen LogP contribution in [0, 0.1) is 3.57 Å². The number of carbonyl (C=O) groups is 3. The van der Waals surface area contributed by atoms with Crippen LogP contribution in [0.5, 0.6) is 0 Å². The van der Waals surface area contributed by atoms with E-state index in [1.54, 1.807) is 18.2 Å². The Morgan fingerprint density at radius 1 is 0.909 bits per heavy atom. The molecule has 1 N–H and O–H groups in total. The maximum absolute atomic E-state index is 13.1. The number of hydrogen-bond donors (Lipinski definition) is 1. The van der Waals surface area contributed by atoms with Crippen molar-refractivity contribution < 1.29 is 14.4 Å². The number of fused-ring (bicyclic) bond motifs is 2. The van der Waals surface area contributed by atoms with Crippen molar-refractivity contribution in [1.82, 2.24) is 4.90 Å². The summed E-state index contributed by atoms with van der Waals surface area (Å²) in [6, 6.07) is 25.3. The van der Waals surface area contributed by atoms with Gasteiger partial charge in [-0.15, -0.1) is 0 Å². The Bertz CT molecular complexity index is 1410. The molecule has 0 spiro atoms. The molecule has 33 heavy (non-hydrogen) atoms. The monoisotopic (exact) mass is 564 g/mol. The first kappa shape index (κ1) is 21.7. The van der Waals surface area contributed by atoms with Crippen LogP contribution in [-0.4, -0.2) is 28.5 Å². The molecule has 0 aromatic heterocycles. The number of carbonyl (C=O) groups excluding carboxylic acids is 3. The van der Waals surface area contributed by atoms with E-state index in [1.807, 2.05) is 60.7 Å². The predicted octanol–water partition coefficient (Wildman–Crippen LogP) is 6.27. The summed E-state index contributed by atoms with van der Waals surface area (Å²) in [4.78, 5) is 39.4. The summed E-state index contributed by atoms with van der Waals surface area (Å²) in [5, 5.41) is 6.39. The van der Waals surface area contributed by atoms with Crippen LogP contribution >= 0.6 is 34.4 Å². The molecule has 0 atom stereocenters. The van der Waals surface area contributed by atoms with Gasteiger partial charge in [-0.1, -0.05) is 48.5 Å². The third kappa shape index (κ3) is 4.38. The second-order valence-corrected chi connectivity index (χ2v) is 9.79. The molecule has 4 aromatic rings. The SMILES string of the molecule is O=C(CN1C(=O)S/C(=C/c2c3ccccc3cc3ccccc23)C1=O)Nc1ccc(I)cc1. The van der Waals surface area contributed by atoms with Gasteiger partial charge < -0.3 is 5.32 Å². The molecule has 162 valence electrons. The van der Waals surface area contributed by atoms with Crippen molar-refractivity contribution in [3.05, 3.63) is 92.9 Å². The van der Waals surface area contributed by atoms with Crippen molar-refractivity contribution in [1.29, 1.82) is 0 Å². The number of anilines is 1. The number of nitrogens with zero attached hydrogens (tertiary/aromatic N) is 1. The zero-order valence-electron chi connectivity index (χ0n) is 17.2. The molecule has 1 saturated heterocycles. The molecule has 5 rings (SSSR count). The quantitative estimate of drug-likeness (QED) is 0.180. The first-order chi connectivity index (χ1) is 16.0. The zero-order chi connectivity index (χ0) is 22.9. The van der Waals surface area contributed by atoms with Gasteiger partial charge in [0.2, 0.25) is 5.91 Å². The van der Waals surface area contributed by atoms with Gasteiger partial charge in [-0.25, -0.2) is 0 Å². The van der Waals surface area contributed by atoms with Crippen molar-refractivity contribution in [3.63, 3.8) is 0 Å². The van der Waals surface area contributed by atoms with Crippen LogP contribution in [0.25, 0.3) is 27.6 Å². The summed E-state index contributed by atoms with van der Waals surface area (Å²) < 4.78 is 1.04. The lowest BCUT2D eigenvalue weighted by Crippen LogP contribution is -2.36. The van der Waals surface area contributed by atoms with E-state index < -0.39 is 17.1 Å². The summed E-state index contributed by atoms with van der Waals surface area (Å²) in [6.45, 7) is -0.329. The highest BCUT2D eigenvalue weighted by atomic mass is 127. The van der Waals surface area contributed by atoms with Crippen LogP contribution in [0.4, 0.5) is 10.5 Å². The molecule has 0 bridgehead atoms. The lowest BCUT2D eigenvalue weighted by atomic mass is 9.96. The number of amides is 3. The number of imide groups is 1. The highest BCUT2D eigenvalue weighted by Crippen LogP contribution is 2.36. The van der Waals surface area contributed by atoms with Crippen molar-refractivity contribution in [3.8, 4) is 0 Å². The smallest absolute Gasteiger partial charge is 0.294 e. The molecule has 0 aliphatic carbocycles. The second-order valence-electron chi connectivity index (χ2n) is 7.56. The average molecular weight is 564 g/mol. The van der Waals surface area contributed by atoms with Crippen LogP contribution in [0.15, 0.2) is 83.8 Å². The fourth-order valence-corrected chi connectivity index (χ4v) is 5.03. The minimum Gasteiger partial charge on any atom is -0.325 e. The van der Waals surface area contributed by atoms with Gasteiger partial charge in [-0.3, -0.25) is 19.3 Å². The standard InChI is InChI=1S/C26H17IN2O3S/c27-18-9-11-19(12-10-18)28-24(30)15-29-25(31)23(33-26(29)32)14-22-20-7-3-1-5-16(20)13-17-6-2-4-8-21(17)22/h1-14H,15H2,(H,28,30)/b23-14+. The molecule has 1 aliphatic rings. The Hall–Kier alpha value is -3.17. The number of nitrogens with one attached hydrogen (secondary N) is 1. The molecule has 1 heterocycles. The van der Waals surface area contributed by atoms with Gasteiger partial charge in [-0.2, -0.15) is 0 Å². The Morgan fingerprint density at radius 2 is 1.52 bits per heavy atom. The maximum atomic E-state index is 13.1. The summed E-state index contributed by atoms with van der Waals surface area (Å²) in [5.41, 5.74) is 1.50. The number of rotatable bonds is 4. The van der Waals surface area contributed by atoms with E-state index >= 15 is 0 Å². The zero-order valence-corrected chi connectivity index (χ0v) is 20.2.